The van der Waals surface area contributed by atoms with Crippen molar-refractivity contribution < 1.29 is 14.6 Å². The largest absolute Gasteiger partial charge is 0.492 e. The van der Waals surface area contributed by atoms with Crippen LogP contribution in [0.5, 0.6) is 5.75 Å². The molecule has 1 N–H and O–H groups in total. The number of carbonyl (C=O) groups is 1. The Kier molecular flexibility index (Phi) is 1.72. The third kappa shape index (κ3) is 1.16. The first-order valence-corrected chi connectivity index (χ1v) is 4.15. The maximum absolute atomic E-state index is 10.8. The van der Waals surface area contributed by atoms with Gasteiger partial charge in [-0.15, -0.1) is 0 Å². The molecule has 0 bridgehead atoms. The molecule has 0 spiro atoms. The lowest BCUT2D eigenvalue weighted by Gasteiger charge is -2.02. The molecule has 0 saturated carbocycles. The Labute approximate surface area is 76.0 Å². The van der Waals surface area contributed by atoms with E-state index in [1.165, 1.54) is 0 Å². The third-order valence-electron chi connectivity index (χ3n) is 2.31. The first-order chi connectivity index (χ1) is 6.20. The Morgan fingerprint density at radius 3 is 3.08 bits per heavy atom. The van der Waals surface area contributed by atoms with Gasteiger partial charge < -0.3 is 9.84 Å². The van der Waals surface area contributed by atoms with Crippen molar-refractivity contribution >= 4 is 5.97 Å². The smallest absolute Gasteiger partial charge is 0.314 e. The van der Waals surface area contributed by atoms with E-state index in [2.05, 4.69) is 0 Å². The fraction of sp³-hybridized carbons (Fsp3) is 0.300. The summed E-state index contributed by atoms with van der Waals surface area (Å²) in [7, 11) is 0. The van der Waals surface area contributed by atoms with Crippen molar-refractivity contribution in [3.05, 3.63) is 29.3 Å². The number of rotatable bonds is 1. The molecule has 1 unspecified atom stereocenters. The van der Waals surface area contributed by atoms with Crippen LogP contribution in [0.3, 0.4) is 0 Å². The molecule has 13 heavy (non-hydrogen) atoms. The molecular formula is C10H10O3. The number of aliphatic carboxylic acids is 1. The van der Waals surface area contributed by atoms with Crippen molar-refractivity contribution in [3.63, 3.8) is 0 Å². The zero-order chi connectivity index (χ0) is 9.42. The highest BCUT2D eigenvalue weighted by molar-refractivity contribution is 5.78. The summed E-state index contributed by atoms with van der Waals surface area (Å²) in [5.41, 5.74) is 1.80. The number of fused-ring (bicyclic) bond motifs is 1. The third-order valence-corrected chi connectivity index (χ3v) is 2.31. The molecule has 68 valence electrons. The molecule has 1 aliphatic rings. The molecule has 3 heteroatoms. The number of hydrogen-bond donors (Lipinski definition) is 1. The van der Waals surface area contributed by atoms with Gasteiger partial charge in [0.1, 0.15) is 18.3 Å². The standard InChI is InChI=1S/C10H10O3/c1-6-3-2-4-7-8(10(11)12)5-13-9(6)7/h2-4,8H,5H2,1H3,(H,11,12). The van der Waals surface area contributed by atoms with Crippen molar-refractivity contribution in [2.75, 3.05) is 6.61 Å². The van der Waals surface area contributed by atoms with Crippen LogP contribution in [0.15, 0.2) is 18.2 Å². The van der Waals surface area contributed by atoms with Crippen LogP contribution in [-0.4, -0.2) is 17.7 Å². The highest BCUT2D eigenvalue weighted by atomic mass is 16.5. The van der Waals surface area contributed by atoms with E-state index in [1.807, 2.05) is 25.1 Å². The van der Waals surface area contributed by atoms with Crippen molar-refractivity contribution in [3.8, 4) is 5.75 Å². The fourth-order valence-electron chi connectivity index (χ4n) is 1.61. The molecule has 1 aromatic carbocycles. The van der Waals surface area contributed by atoms with E-state index in [-0.39, 0.29) is 6.61 Å². The Hall–Kier alpha value is -1.51. The van der Waals surface area contributed by atoms with Gasteiger partial charge in [0.05, 0.1) is 0 Å². The van der Waals surface area contributed by atoms with Gasteiger partial charge in [0.2, 0.25) is 0 Å². The molecule has 1 heterocycles. The molecule has 3 nitrogen and oxygen atoms in total. The summed E-state index contributed by atoms with van der Waals surface area (Å²) in [6.07, 6.45) is 0. The van der Waals surface area contributed by atoms with Gasteiger partial charge in [-0.1, -0.05) is 18.2 Å². The zero-order valence-electron chi connectivity index (χ0n) is 7.28. The molecular weight excluding hydrogens is 168 g/mol. The summed E-state index contributed by atoms with van der Waals surface area (Å²) in [4.78, 5) is 10.8. The minimum absolute atomic E-state index is 0.259. The Morgan fingerprint density at radius 1 is 1.62 bits per heavy atom. The first-order valence-electron chi connectivity index (χ1n) is 4.15. The van der Waals surface area contributed by atoms with Crippen LogP contribution in [0.4, 0.5) is 0 Å². The highest BCUT2D eigenvalue weighted by Gasteiger charge is 2.30. The number of hydrogen-bond acceptors (Lipinski definition) is 2. The minimum Gasteiger partial charge on any atom is -0.492 e. The number of benzene rings is 1. The van der Waals surface area contributed by atoms with Gasteiger partial charge in [-0.25, -0.2) is 0 Å². The van der Waals surface area contributed by atoms with E-state index in [1.54, 1.807) is 0 Å². The molecule has 0 radical (unpaired) electrons. The van der Waals surface area contributed by atoms with E-state index in [4.69, 9.17) is 9.84 Å². The lowest BCUT2D eigenvalue weighted by atomic mass is 10.00. The van der Waals surface area contributed by atoms with Crippen LogP contribution in [-0.2, 0) is 4.79 Å². The molecule has 2 rings (SSSR count). The van der Waals surface area contributed by atoms with Crippen molar-refractivity contribution in [2.45, 2.75) is 12.8 Å². The molecule has 1 aliphatic heterocycles. The van der Waals surface area contributed by atoms with Gasteiger partial charge in [0.15, 0.2) is 0 Å². The summed E-state index contributed by atoms with van der Waals surface area (Å²) >= 11 is 0. The van der Waals surface area contributed by atoms with Crippen LogP contribution in [0.1, 0.15) is 17.0 Å². The number of ether oxygens (including phenoxy) is 1. The van der Waals surface area contributed by atoms with Crippen molar-refractivity contribution in [2.24, 2.45) is 0 Å². The second kappa shape index (κ2) is 2.76. The quantitative estimate of drug-likeness (QED) is 0.709. The van der Waals surface area contributed by atoms with Gasteiger partial charge in [0, 0.05) is 5.56 Å². The summed E-state index contributed by atoms with van der Waals surface area (Å²) in [5, 5.41) is 8.87. The van der Waals surface area contributed by atoms with Crippen LogP contribution in [0.2, 0.25) is 0 Å². The van der Waals surface area contributed by atoms with Gasteiger partial charge in [-0.2, -0.15) is 0 Å². The van der Waals surface area contributed by atoms with Crippen molar-refractivity contribution in [1.82, 2.24) is 0 Å². The summed E-state index contributed by atoms with van der Waals surface area (Å²) in [6.45, 7) is 2.18. The SMILES string of the molecule is Cc1cccc2c1OCC2C(=O)O. The van der Waals surface area contributed by atoms with Gasteiger partial charge in [-0.05, 0) is 12.5 Å². The molecule has 1 aromatic rings. The normalized spacial score (nSPS) is 19.3. The number of carboxylic acids is 1. The molecule has 0 aliphatic carbocycles. The fourth-order valence-corrected chi connectivity index (χ4v) is 1.61. The molecule has 0 fully saturated rings. The number of carboxylic acid groups (broad SMARTS) is 1. The molecule has 0 saturated heterocycles. The van der Waals surface area contributed by atoms with E-state index in [0.29, 0.717) is 0 Å². The van der Waals surface area contributed by atoms with Crippen LogP contribution >= 0.6 is 0 Å². The lowest BCUT2D eigenvalue weighted by molar-refractivity contribution is -0.138. The Bertz CT molecular complexity index is 357. The maximum Gasteiger partial charge on any atom is 0.314 e. The average molecular weight is 178 g/mol. The predicted octanol–water partition coefficient (Wildman–Crippen LogP) is 1.56. The van der Waals surface area contributed by atoms with E-state index in [9.17, 15) is 4.79 Å². The Morgan fingerprint density at radius 2 is 2.38 bits per heavy atom. The summed E-state index contributed by atoms with van der Waals surface area (Å²) < 4.78 is 5.32. The summed E-state index contributed by atoms with van der Waals surface area (Å²) in [5.74, 6) is -0.561. The lowest BCUT2D eigenvalue weighted by Crippen LogP contribution is -2.12. The zero-order valence-corrected chi connectivity index (χ0v) is 7.28. The van der Waals surface area contributed by atoms with E-state index < -0.39 is 11.9 Å². The monoisotopic (exact) mass is 178 g/mol. The van der Waals surface area contributed by atoms with E-state index in [0.717, 1.165) is 16.9 Å². The minimum atomic E-state index is -0.815. The van der Waals surface area contributed by atoms with Crippen LogP contribution < -0.4 is 4.74 Å². The number of para-hydroxylation sites is 1. The van der Waals surface area contributed by atoms with Gasteiger partial charge in [0.25, 0.3) is 0 Å². The Balaban J connectivity index is 2.49. The highest BCUT2D eigenvalue weighted by Crippen LogP contribution is 2.36. The predicted molar refractivity (Wildman–Crippen MR) is 47.1 cm³/mol. The summed E-state index contributed by atoms with van der Waals surface area (Å²) in [6, 6.07) is 5.59. The first kappa shape index (κ1) is 8.10. The van der Waals surface area contributed by atoms with Gasteiger partial charge in [-0.3, -0.25) is 4.79 Å². The molecule has 0 amide bonds. The van der Waals surface area contributed by atoms with Gasteiger partial charge >= 0.3 is 5.97 Å². The second-order valence-corrected chi connectivity index (χ2v) is 3.20. The molecule has 0 aromatic heterocycles. The topological polar surface area (TPSA) is 46.5 Å². The average Bonchev–Trinajstić information content (AvgIpc) is 2.48. The van der Waals surface area contributed by atoms with Crippen LogP contribution in [0.25, 0.3) is 0 Å². The molecule has 1 atom stereocenters. The van der Waals surface area contributed by atoms with Crippen molar-refractivity contribution in [1.29, 1.82) is 0 Å². The van der Waals surface area contributed by atoms with Crippen LogP contribution in [0, 0.1) is 6.92 Å². The number of aryl methyl sites for hydroxylation is 1. The second-order valence-electron chi connectivity index (χ2n) is 3.20. The maximum atomic E-state index is 10.8. The van der Waals surface area contributed by atoms with E-state index >= 15 is 0 Å².